The van der Waals surface area contributed by atoms with Gasteiger partial charge in [-0.15, -0.1) is 0 Å². The van der Waals surface area contributed by atoms with Gasteiger partial charge in [0.15, 0.2) is 0 Å². The van der Waals surface area contributed by atoms with Gasteiger partial charge >= 0.3 is 0 Å². The molecule has 0 saturated carbocycles. The van der Waals surface area contributed by atoms with Gasteiger partial charge < -0.3 is 9.88 Å². The molecule has 1 heterocycles. The minimum Gasteiger partial charge on any atom is -0.379 e. The van der Waals surface area contributed by atoms with Crippen LogP contribution < -0.4 is 5.32 Å². The SMILES string of the molecule is Clc1cccc(NCc2cn(Cc3ccccc3)cn2)c1. The Hall–Kier alpha value is -2.26. The van der Waals surface area contributed by atoms with Crippen LogP contribution in [0, 0.1) is 0 Å². The Balaban J connectivity index is 1.60. The molecule has 1 aromatic heterocycles. The molecular formula is C17H16ClN3. The van der Waals surface area contributed by atoms with Crippen LogP contribution in [0.1, 0.15) is 11.3 Å². The van der Waals surface area contributed by atoms with Crippen LogP contribution in [-0.2, 0) is 13.1 Å². The highest BCUT2D eigenvalue weighted by molar-refractivity contribution is 6.30. The second kappa shape index (κ2) is 6.46. The zero-order chi connectivity index (χ0) is 14.5. The average Bonchev–Trinajstić information content (AvgIpc) is 2.94. The molecule has 0 aliphatic heterocycles. The van der Waals surface area contributed by atoms with Crippen molar-refractivity contribution in [3.05, 3.63) is 83.4 Å². The van der Waals surface area contributed by atoms with Crippen LogP contribution in [0.25, 0.3) is 0 Å². The van der Waals surface area contributed by atoms with Crippen LogP contribution in [0.3, 0.4) is 0 Å². The van der Waals surface area contributed by atoms with Crippen molar-refractivity contribution in [1.29, 1.82) is 0 Å². The van der Waals surface area contributed by atoms with Crippen molar-refractivity contribution in [3.8, 4) is 0 Å². The summed E-state index contributed by atoms with van der Waals surface area (Å²) in [5.74, 6) is 0. The first-order chi connectivity index (χ1) is 10.3. The first kappa shape index (κ1) is 13.7. The van der Waals surface area contributed by atoms with E-state index in [4.69, 9.17) is 11.6 Å². The lowest BCUT2D eigenvalue weighted by Gasteiger charge is -2.04. The predicted molar refractivity (Wildman–Crippen MR) is 86.5 cm³/mol. The quantitative estimate of drug-likeness (QED) is 0.765. The van der Waals surface area contributed by atoms with E-state index < -0.39 is 0 Å². The number of nitrogens with zero attached hydrogens (tertiary/aromatic N) is 2. The lowest BCUT2D eigenvalue weighted by atomic mass is 10.2. The van der Waals surface area contributed by atoms with Crippen LogP contribution in [0.4, 0.5) is 5.69 Å². The van der Waals surface area contributed by atoms with Crippen molar-refractivity contribution in [3.63, 3.8) is 0 Å². The predicted octanol–water partition coefficient (Wildman–Crippen LogP) is 4.20. The Morgan fingerprint density at radius 1 is 1.05 bits per heavy atom. The molecule has 0 saturated heterocycles. The van der Waals surface area contributed by atoms with E-state index in [0.717, 1.165) is 22.9 Å². The largest absolute Gasteiger partial charge is 0.379 e. The average molecular weight is 298 g/mol. The summed E-state index contributed by atoms with van der Waals surface area (Å²) < 4.78 is 2.09. The molecule has 3 rings (SSSR count). The third-order valence-corrected chi connectivity index (χ3v) is 3.43. The number of anilines is 1. The van der Waals surface area contributed by atoms with Crippen LogP contribution in [0.2, 0.25) is 5.02 Å². The summed E-state index contributed by atoms with van der Waals surface area (Å²) in [7, 11) is 0. The van der Waals surface area contributed by atoms with E-state index in [9.17, 15) is 0 Å². The Kier molecular flexibility index (Phi) is 4.22. The molecule has 4 heteroatoms. The van der Waals surface area contributed by atoms with Gasteiger partial charge in [0.25, 0.3) is 0 Å². The first-order valence-electron chi connectivity index (χ1n) is 6.83. The van der Waals surface area contributed by atoms with Crippen molar-refractivity contribution in [2.24, 2.45) is 0 Å². The molecule has 0 unspecified atom stereocenters. The molecule has 0 aliphatic rings. The van der Waals surface area contributed by atoms with Crippen molar-refractivity contribution < 1.29 is 0 Å². The maximum Gasteiger partial charge on any atom is 0.0953 e. The summed E-state index contributed by atoms with van der Waals surface area (Å²) in [5, 5.41) is 4.05. The number of benzene rings is 2. The minimum absolute atomic E-state index is 0.683. The van der Waals surface area contributed by atoms with E-state index in [1.54, 1.807) is 0 Å². The molecule has 106 valence electrons. The standard InChI is InChI=1S/C17H16ClN3/c18-15-7-4-8-16(9-15)19-10-17-12-21(13-20-17)11-14-5-2-1-3-6-14/h1-9,12-13,19H,10-11H2. The number of halogens is 1. The Morgan fingerprint density at radius 2 is 1.90 bits per heavy atom. The molecule has 2 aromatic carbocycles. The topological polar surface area (TPSA) is 29.9 Å². The number of imidazole rings is 1. The van der Waals surface area contributed by atoms with Crippen LogP contribution in [0.5, 0.6) is 0 Å². The summed E-state index contributed by atoms with van der Waals surface area (Å²) >= 11 is 5.96. The van der Waals surface area contributed by atoms with Gasteiger partial charge in [-0.1, -0.05) is 48.0 Å². The Morgan fingerprint density at radius 3 is 2.71 bits per heavy atom. The van der Waals surface area contributed by atoms with Crippen LogP contribution >= 0.6 is 11.6 Å². The molecular weight excluding hydrogens is 282 g/mol. The van der Waals surface area contributed by atoms with E-state index in [2.05, 4.69) is 33.2 Å². The second-order valence-electron chi connectivity index (χ2n) is 4.89. The highest BCUT2D eigenvalue weighted by Crippen LogP contribution is 2.15. The highest BCUT2D eigenvalue weighted by Gasteiger charge is 2.00. The molecule has 0 amide bonds. The monoisotopic (exact) mass is 297 g/mol. The number of nitrogens with one attached hydrogen (secondary N) is 1. The van der Waals surface area contributed by atoms with E-state index in [1.165, 1.54) is 5.56 Å². The van der Waals surface area contributed by atoms with Gasteiger partial charge in [-0.25, -0.2) is 4.98 Å². The fourth-order valence-electron chi connectivity index (χ4n) is 2.17. The van der Waals surface area contributed by atoms with Gasteiger partial charge in [0.1, 0.15) is 0 Å². The van der Waals surface area contributed by atoms with Crippen LogP contribution in [0.15, 0.2) is 67.1 Å². The van der Waals surface area contributed by atoms with Crippen molar-refractivity contribution >= 4 is 17.3 Å². The van der Waals surface area contributed by atoms with Gasteiger partial charge in [-0.3, -0.25) is 0 Å². The summed E-state index contributed by atoms with van der Waals surface area (Å²) in [6.45, 7) is 1.52. The molecule has 0 radical (unpaired) electrons. The molecule has 3 nitrogen and oxygen atoms in total. The Bertz CT molecular complexity index is 707. The maximum atomic E-state index is 5.96. The summed E-state index contributed by atoms with van der Waals surface area (Å²) in [5.41, 5.74) is 3.27. The Labute approximate surface area is 129 Å². The zero-order valence-electron chi connectivity index (χ0n) is 11.5. The lowest BCUT2D eigenvalue weighted by Crippen LogP contribution is -2.00. The molecule has 0 bridgehead atoms. The van der Waals surface area contributed by atoms with Crippen molar-refractivity contribution in [2.45, 2.75) is 13.1 Å². The van der Waals surface area contributed by atoms with Crippen LogP contribution in [-0.4, -0.2) is 9.55 Å². The summed E-state index contributed by atoms with van der Waals surface area (Å²) in [4.78, 5) is 4.42. The van der Waals surface area contributed by atoms with Crippen molar-refractivity contribution in [2.75, 3.05) is 5.32 Å². The van der Waals surface area contributed by atoms with E-state index >= 15 is 0 Å². The van der Waals surface area contributed by atoms with E-state index in [1.807, 2.05) is 48.8 Å². The lowest BCUT2D eigenvalue weighted by molar-refractivity contribution is 0.796. The summed E-state index contributed by atoms with van der Waals surface area (Å²) in [6.07, 6.45) is 3.92. The highest BCUT2D eigenvalue weighted by atomic mass is 35.5. The fraction of sp³-hybridized carbons (Fsp3) is 0.118. The fourth-order valence-corrected chi connectivity index (χ4v) is 2.36. The second-order valence-corrected chi connectivity index (χ2v) is 5.32. The minimum atomic E-state index is 0.683. The molecule has 0 aliphatic carbocycles. The van der Waals surface area contributed by atoms with Crippen molar-refractivity contribution in [1.82, 2.24) is 9.55 Å². The number of aromatic nitrogens is 2. The first-order valence-corrected chi connectivity index (χ1v) is 7.21. The zero-order valence-corrected chi connectivity index (χ0v) is 12.3. The van der Waals surface area contributed by atoms with Gasteiger partial charge in [-0.05, 0) is 23.8 Å². The maximum absolute atomic E-state index is 5.96. The molecule has 21 heavy (non-hydrogen) atoms. The third-order valence-electron chi connectivity index (χ3n) is 3.19. The molecule has 3 aromatic rings. The third kappa shape index (κ3) is 3.86. The number of rotatable bonds is 5. The smallest absolute Gasteiger partial charge is 0.0953 e. The molecule has 0 atom stereocenters. The van der Waals surface area contributed by atoms with Gasteiger partial charge in [0, 0.05) is 23.5 Å². The van der Waals surface area contributed by atoms with E-state index in [0.29, 0.717) is 6.54 Å². The van der Waals surface area contributed by atoms with Gasteiger partial charge in [-0.2, -0.15) is 0 Å². The molecule has 0 spiro atoms. The van der Waals surface area contributed by atoms with Gasteiger partial charge in [0.2, 0.25) is 0 Å². The molecule has 0 fully saturated rings. The van der Waals surface area contributed by atoms with E-state index in [-0.39, 0.29) is 0 Å². The normalized spacial score (nSPS) is 10.5. The van der Waals surface area contributed by atoms with Gasteiger partial charge in [0.05, 0.1) is 18.6 Å². The number of hydrogen-bond donors (Lipinski definition) is 1. The molecule has 1 N–H and O–H groups in total. The number of hydrogen-bond acceptors (Lipinski definition) is 2. The summed E-state index contributed by atoms with van der Waals surface area (Å²) in [6, 6.07) is 18.0.